The zero-order chi connectivity index (χ0) is 31.6. The van der Waals surface area contributed by atoms with Crippen molar-refractivity contribution in [3.63, 3.8) is 0 Å². The fraction of sp³-hybridized carbons (Fsp3) is 0.921. The van der Waals surface area contributed by atoms with Gasteiger partial charge in [0.2, 0.25) is 0 Å². The van der Waals surface area contributed by atoms with Crippen LogP contribution in [0.4, 0.5) is 0 Å². The second-order valence-corrected chi connectivity index (χ2v) is 12.9. The van der Waals surface area contributed by atoms with E-state index in [1.807, 2.05) is 0 Å². The first-order valence-electron chi connectivity index (χ1n) is 18.9. The monoisotopic (exact) mass is 610 g/mol. The SMILES string of the molecule is C=C(CCCCCCCN(CCO)CCCC(=O)OCCCCCC)OC(CCCCCCCC)CCCCCCCC. The van der Waals surface area contributed by atoms with Crippen LogP contribution in [0.25, 0.3) is 0 Å². The van der Waals surface area contributed by atoms with E-state index in [0.717, 1.165) is 57.4 Å². The van der Waals surface area contributed by atoms with Crippen LogP contribution in [0.3, 0.4) is 0 Å². The maximum absolute atomic E-state index is 12.0. The van der Waals surface area contributed by atoms with Crippen LogP contribution in [-0.2, 0) is 14.3 Å². The summed E-state index contributed by atoms with van der Waals surface area (Å²) in [6.07, 6.45) is 31.5. The van der Waals surface area contributed by atoms with Crippen molar-refractivity contribution in [2.24, 2.45) is 0 Å². The Morgan fingerprint density at radius 3 is 1.67 bits per heavy atom. The third-order valence-corrected chi connectivity index (χ3v) is 8.56. The first-order valence-corrected chi connectivity index (χ1v) is 18.9. The number of aliphatic hydroxyl groups is 1. The molecule has 0 aliphatic rings. The van der Waals surface area contributed by atoms with Crippen LogP contribution >= 0.6 is 0 Å². The van der Waals surface area contributed by atoms with Crippen molar-refractivity contribution in [3.05, 3.63) is 12.3 Å². The van der Waals surface area contributed by atoms with Gasteiger partial charge < -0.3 is 19.5 Å². The lowest BCUT2D eigenvalue weighted by molar-refractivity contribution is -0.143. The second-order valence-electron chi connectivity index (χ2n) is 12.9. The van der Waals surface area contributed by atoms with Crippen LogP contribution in [0, 0.1) is 0 Å². The molecule has 0 aromatic rings. The molecule has 0 aliphatic heterocycles. The molecule has 0 aromatic heterocycles. The topological polar surface area (TPSA) is 59.0 Å². The van der Waals surface area contributed by atoms with Crippen molar-refractivity contribution in [2.45, 2.75) is 194 Å². The minimum Gasteiger partial charge on any atom is -0.495 e. The number of carbonyl (C=O) groups is 1. The van der Waals surface area contributed by atoms with Gasteiger partial charge in [-0.1, -0.05) is 130 Å². The van der Waals surface area contributed by atoms with Crippen LogP contribution < -0.4 is 0 Å². The Balaban J connectivity index is 4.08. The van der Waals surface area contributed by atoms with Crippen LogP contribution in [0.5, 0.6) is 0 Å². The first kappa shape index (κ1) is 41.9. The highest BCUT2D eigenvalue weighted by Crippen LogP contribution is 2.21. The number of hydrogen-bond donors (Lipinski definition) is 1. The van der Waals surface area contributed by atoms with E-state index in [-0.39, 0.29) is 12.6 Å². The summed E-state index contributed by atoms with van der Waals surface area (Å²) in [6.45, 7) is 14.3. The van der Waals surface area contributed by atoms with E-state index in [1.165, 1.54) is 122 Å². The molecule has 0 fully saturated rings. The molecule has 0 heterocycles. The predicted molar refractivity (Wildman–Crippen MR) is 186 cm³/mol. The number of unbranched alkanes of at least 4 members (excludes halogenated alkanes) is 17. The van der Waals surface area contributed by atoms with E-state index >= 15 is 0 Å². The first-order chi connectivity index (χ1) is 21.1. The average Bonchev–Trinajstić information content (AvgIpc) is 2.99. The van der Waals surface area contributed by atoms with E-state index < -0.39 is 0 Å². The maximum atomic E-state index is 12.0. The van der Waals surface area contributed by atoms with Crippen LogP contribution in [-0.4, -0.2) is 54.9 Å². The molecule has 0 unspecified atom stereocenters. The minimum absolute atomic E-state index is 0.0813. The van der Waals surface area contributed by atoms with Gasteiger partial charge in [-0.15, -0.1) is 0 Å². The van der Waals surface area contributed by atoms with Gasteiger partial charge in [0.1, 0.15) is 0 Å². The van der Waals surface area contributed by atoms with Gasteiger partial charge in [-0.2, -0.15) is 0 Å². The average molecular weight is 610 g/mol. The van der Waals surface area contributed by atoms with Gasteiger partial charge in [0.05, 0.1) is 25.1 Å². The van der Waals surface area contributed by atoms with Crippen LogP contribution in [0.2, 0.25) is 0 Å². The van der Waals surface area contributed by atoms with Crippen molar-refractivity contribution >= 4 is 5.97 Å². The molecule has 0 aliphatic carbocycles. The summed E-state index contributed by atoms with van der Waals surface area (Å²) in [5.41, 5.74) is 0. The molecule has 0 atom stereocenters. The Morgan fingerprint density at radius 1 is 0.605 bits per heavy atom. The smallest absolute Gasteiger partial charge is 0.305 e. The fourth-order valence-electron chi connectivity index (χ4n) is 5.76. The molecule has 0 amide bonds. The lowest BCUT2D eigenvalue weighted by Gasteiger charge is -2.21. The number of esters is 1. The summed E-state index contributed by atoms with van der Waals surface area (Å²) in [5, 5.41) is 9.45. The van der Waals surface area contributed by atoms with Crippen molar-refractivity contribution in [1.29, 1.82) is 0 Å². The molecular formula is C38H75NO4. The fourth-order valence-corrected chi connectivity index (χ4v) is 5.76. The standard InChI is InChI=1S/C38H75NO4/c1-5-8-11-14-18-22-28-37(29-23-19-15-12-9-6-2)43-36(4)27-21-17-16-20-24-31-39(33-34-40)32-26-30-38(41)42-35-25-13-10-7-3/h37,40H,4-35H2,1-3H3. The molecule has 0 radical (unpaired) electrons. The van der Waals surface area contributed by atoms with Crippen LogP contribution in [0.1, 0.15) is 188 Å². The summed E-state index contributed by atoms with van der Waals surface area (Å²) in [6, 6.07) is 0. The van der Waals surface area contributed by atoms with Crippen LogP contribution in [0.15, 0.2) is 12.3 Å². The molecule has 43 heavy (non-hydrogen) atoms. The van der Waals surface area contributed by atoms with E-state index in [1.54, 1.807) is 0 Å². The molecular weight excluding hydrogens is 534 g/mol. The maximum Gasteiger partial charge on any atom is 0.305 e. The molecule has 0 spiro atoms. The minimum atomic E-state index is -0.0813. The van der Waals surface area contributed by atoms with E-state index in [2.05, 4.69) is 32.3 Å². The highest BCUT2D eigenvalue weighted by molar-refractivity contribution is 5.69. The molecule has 0 aromatic carbocycles. The Bertz CT molecular complexity index is 580. The normalized spacial score (nSPS) is 11.5. The van der Waals surface area contributed by atoms with Gasteiger partial charge in [-0.05, 0) is 64.5 Å². The highest BCUT2D eigenvalue weighted by Gasteiger charge is 2.12. The molecule has 0 rings (SSSR count). The number of rotatable bonds is 35. The van der Waals surface area contributed by atoms with Crippen molar-refractivity contribution in [1.82, 2.24) is 4.90 Å². The summed E-state index contributed by atoms with van der Waals surface area (Å²) in [5.74, 6) is 0.915. The molecule has 0 saturated heterocycles. The largest absolute Gasteiger partial charge is 0.495 e. The van der Waals surface area contributed by atoms with Gasteiger partial charge in [0.25, 0.3) is 0 Å². The number of aliphatic hydroxyl groups excluding tert-OH is 1. The zero-order valence-corrected chi connectivity index (χ0v) is 29.3. The van der Waals surface area contributed by atoms with Crippen molar-refractivity contribution in [2.75, 3.05) is 32.8 Å². The Morgan fingerprint density at radius 2 is 1.09 bits per heavy atom. The molecule has 5 nitrogen and oxygen atoms in total. The zero-order valence-electron chi connectivity index (χ0n) is 29.3. The number of allylic oxidation sites excluding steroid dienone is 1. The quantitative estimate of drug-likeness (QED) is 0.0440. The third kappa shape index (κ3) is 30.7. The molecule has 1 N–H and O–H groups in total. The Labute approximate surface area is 268 Å². The lowest BCUT2D eigenvalue weighted by atomic mass is 10.0. The number of nitrogens with zero attached hydrogens (tertiary/aromatic N) is 1. The van der Waals surface area contributed by atoms with Gasteiger partial charge >= 0.3 is 5.97 Å². The Hall–Kier alpha value is -1.07. The van der Waals surface area contributed by atoms with E-state index in [9.17, 15) is 9.90 Å². The molecule has 0 bridgehead atoms. The van der Waals surface area contributed by atoms with Gasteiger partial charge in [-0.25, -0.2) is 0 Å². The molecule has 5 heteroatoms. The van der Waals surface area contributed by atoms with Gasteiger partial charge in [-0.3, -0.25) is 4.79 Å². The summed E-state index contributed by atoms with van der Waals surface area (Å²) >= 11 is 0. The third-order valence-electron chi connectivity index (χ3n) is 8.56. The van der Waals surface area contributed by atoms with Gasteiger partial charge in [0, 0.05) is 19.4 Å². The Kier molecular flexibility index (Phi) is 33.0. The van der Waals surface area contributed by atoms with Gasteiger partial charge in [0.15, 0.2) is 0 Å². The summed E-state index contributed by atoms with van der Waals surface area (Å²) < 4.78 is 11.8. The van der Waals surface area contributed by atoms with E-state index in [0.29, 0.717) is 25.7 Å². The van der Waals surface area contributed by atoms with Crippen molar-refractivity contribution in [3.8, 4) is 0 Å². The van der Waals surface area contributed by atoms with E-state index in [4.69, 9.17) is 9.47 Å². The predicted octanol–water partition coefficient (Wildman–Crippen LogP) is 10.9. The molecule has 0 saturated carbocycles. The number of ether oxygens (including phenoxy) is 2. The second kappa shape index (κ2) is 33.8. The highest BCUT2D eigenvalue weighted by atomic mass is 16.5. The van der Waals surface area contributed by atoms with Crippen molar-refractivity contribution < 1.29 is 19.4 Å². The number of hydrogen-bond acceptors (Lipinski definition) is 5. The number of carbonyl (C=O) groups excluding carboxylic acids is 1. The summed E-state index contributed by atoms with van der Waals surface area (Å²) in [7, 11) is 0. The molecule has 256 valence electrons. The lowest BCUT2D eigenvalue weighted by Crippen LogP contribution is -2.29. The summed E-state index contributed by atoms with van der Waals surface area (Å²) in [4.78, 5) is 14.2.